The fourth-order valence-electron chi connectivity index (χ4n) is 4.04. The molecule has 1 aliphatic rings. The summed E-state index contributed by atoms with van der Waals surface area (Å²) in [5.41, 5.74) is 2.76. The van der Waals surface area contributed by atoms with Gasteiger partial charge in [0.05, 0.1) is 25.9 Å². The van der Waals surface area contributed by atoms with Gasteiger partial charge in [-0.25, -0.2) is 4.79 Å². The number of tetrazole rings is 1. The molecule has 1 aliphatic heterocycles. The van der Waals surface area contributed by atoms with Crippen LogP contribution in [0.4, 0.5) is 5.95 Å². The van der Waals surface area contributed by atoms with Crippen LogP contribution in [-0.4, -0.2) is 62.5 Å². The maximum Gasteiger partial charge on any atom is 0.338 e. The molecular weight excluding hydrogens is 526 g/mol. The third-order valence-electron chi connectivity index (χ3n) is 5.65. The number of hydrogen-bond acceptors (Lipinski definition) is 12. The minimum Gasteiger partial charge on any atom is -0.490 e. The van der Waals surface area contributed by atoms with E-state index in [1.165, 1.54) is 30.2 Å². The van der Waals surface area contributed by atoms with E-state index in [9.17, 15) is 4.79 Å². The summed E-state index contributed by atoms with van der Waals surface area (Å²) in [5.74, 6) is 1.50. The highest BCUT2D eigenvalue weighted by Gasteiger charge is 2.36. The molecule has 0 spiro atoms. The predicted molar refractivity (Wildman–Crippen MR) is 143 cm³/mol. The Morgan fingerprint density at radius 3 is 2.61 bits per heavy atom. The second kappa shape index (κ2) is 11.6. The smallest absolute Gasteiger partial charge is 0.338 e. The standard InChI is InChI=1S/C25H25N7O4S2/c1-4-35-18-12-11-16(13-19(18)36-5-2)21-20(23(33)34-3)17(26-24-28-30-31-32(21)24)14-37-25-29-27-22(38-25)15-9-7-6-8-10-15/h6-13,21H,4-5,14H2,1-3H3,(H,26,28,31). The molecule has 5 rings (SSSR count). The van der Waals surface area contributed by atoms with Gasteiger partial charge in [0.25, 0.3) is 0 Å². The number of hydrogen-bond donors (Lipinski definition) is 1. The molecule has 1 atom stereocenters. The van der Waals surface area contributed by atoms with E-state index in [-0.39, 0.29) is 0 Å². The van der Waals surface area contributed by atoms with Gasteiger partial charge in [0.1, 0.15) is 11.0 Å². The Morgan fingerprint density at radius 2 is 1.84 bits per heavy atom. The Balaban J connectivity index is 1.51. The summed E-state index contributed by atoms with van der Waals surface area (Å²) < 4.78 is 19.1. The third kappa shape index (κ3) is 5.20. The normalized spacial score (nSPS) is 14.6. The topological polar surface area (TPSA) is 126 Å². The largest absolute Gasteiger partial charge is 0.490 e. The van der Waals surface area contributed by atoms with Gasteiger partial charge < -0.3 is 19.5 Å². The minimum absolute atomic E-state index is 0.388. The molecule has 0 aliphatic carbocycles. The van der Waals surface area contributed by atoms with Crippen LogP contribution in [0.25, 0.3) is 10.6 Å². The van der Waals surface area contributed by atoms with Crippen molar-refractivity contribution in [1.29, 1.82) is 0 Å². The van der Waals surface area contributed by atoms with Crippen LogP contribution in [0.15, 0.2) is 64.1 Å². The summed E-state index contributed by atoms with van der Waals surface area (Å²) in [6.45, 7) is 4.77. The zero-order chi connectivity index (χ0) is 26.5. The Bertz CT molecular complexity index is 1450. The first-order chi connectivity index (χ1) is 18.6. The third-order valence-corrected chi connectivity index (χ3v) is 7.79. The second-order valence-electron chi connectivity index (χ2n) is 7.96. The fourth-order valence-corrected chi connectivity index (χ4v) is 5.87. The summed E-state index contributed by atoms with van der Waals surface area (Å²) >= 11 is 2.95. The monoisotopic (exact) mass is 551 g/mol. The van der Waals surface area contributed by atoms with E-state index in [1.54, 1.807) is 4.68 Å². The first-order valence-electron chi connectivity index (χ1n) is 11.9. The molecule has 0 fully saturated rings. The number of fused-ring (bicyclic) bond motifs is 1. The van der Waals surface area contributed by atoms with Crippen molar-refractivity contribution in [2.45, 2.75) is 24.2 Å². The molecule has 38 heavy (non-hydrogen) atoms. The van der Waals surface area contributed by atoms with Crippen molar-refractivity contribution in [3.05, 3.63) is 65.4 Å². The first kappa shape index (κ1) is 25.7. The van der Waals surface area contributed by atoms with E-state index in [2.05, 4.69) is 31.0 Å². The molecule has 0 saturated carbocycles. The van der Waals surface area contributed by atoms with Crippen LogP contribution in [-0.2, 0) is 9.53 Å². The van der Waals surface area contributed by atoms with Gasteiger partial charge in [-0.3, -0.25) is 0 Å². The van der Waals surface area contributed by atoms with E-state index < -0.39 is 12.0 Å². The fraction of sp³-hybridized carbons (Fsp3) is 0.280. The lowest BCUT2D eigenvalue weighted by Crippen LogP contribution is -2.31. The van der Waals surface area contributed by atoms with E-state index in [0.717, 1.165) is 20.5 Å². The molecule has 0 saturated heterocycles. The molecule has 13 heteroatoms. The van der Waals surface area contributed by atoms with Crippen LogP contribution in [0.3, 0.4) is 0 Å². The van der Waals surface area contributed by atoms with E-state index in [0.29, 0.717) is 47.7 Å². The zero-order valence-corrected chi connectivity index (χ0v) is 22.6. The van der Waals surface area contributed by atoms with Gasteiger partial charge in [0.15, 0.2) is 15.8 Å². The van der Waals surface area contributed by atoms with Gasteiger partial charge in [-0.1, -0.05) is 64.6 Å². The highest BCUT2D eigenvalue weighted by Crippen LogP contribution is 2.40. The number of nitrogens with zero attached hydrogens (tertiary/aromatic N) is 6. The average Bonchev–Trinajstić information content (AvgIpc) is 3.62. The molecular formula is C25H25N7O4S2. The Kier molecular flexibility index (Phi) is 7.84. The lowest BCUT2D eigenvalue weighted by atomic mass is 9.95. The SMILES string of the molecule is CCOc1ccc(C2C(C(=O)OC)=C(CSc3nnc(-c4ccccc4)s3)Nc3nnnn32)cc1OCC. The highest BCUT2D eigenvalue weighted by atomic mass is 32.2. The van der Waals surface area contributed by atoms with Crippen molar-refractivity contribution in [3.8, 4) is 22.1 Å². The number of methoxy groups -OCH3 is 1. The van der Waals surface area contributed by atoms with E-state index >= 15 is 0 Å². The van der Waals surface area contributed by atoms with Crippen LogP contribution < -0.4 is 14.8 Å². The van der Waals surface area contributed by atoms with Crippen molar-refractivity contribution in [2.24, 2.45) is 0 Å². The van der Waals surface area contributed by atoms with E-state index in [4.69, 9.17) is 14.2 Å². The lowest BCUT2D eigenvalue weighted by Gasteiger charge is -2.28. The molecule has 1 N–H and O–H groups in total. The van der Waals surface area contributed by atoms with Gasteiger partial charge in [0, 0.05) is 17.0 Å². The summed E-state index contributed by atoms with van der Waals surface area (Å²) in [6.07, 6.45) is 0. The minimum atomic E-state index is -0.645. The Hall–Kier alpha value is -3.97. The van der Waals surface area contributed by atoms with Crippen molar-refractivity contribution >= 4 is 35.0 Å². The second-order valence-corrected chi connectivity index (χ2v) is 10.2. The molecule has 3 heterocycles. The molecule has 11 nitrogen and oxygen atoms in total. The molecule has 0 radical (unpaired) electrons. The number of carbonyl (C=O) groups is 1. The molecule has 0 bridgehead atoms. The quantitative estimate of drug-likeness (QED) is 0.225. The lowest BCUT2D eigenvalue weighted by molar-refractivity contribution is -0.136. The van der Waals surface area contributed by atoms with Crippen LogP contribution in [0.5, 0.6) is 11.5 Å². The summed E-state index contributed by atoms with van der Waals surface area (Å²) in [5, 5.41) is 24.8. The number of esters is 1. The molecule has 0 amide bonds. The highest BCUT2D eigenvalue weighted by molar-refractivity contribution is 8.01. The summed E-state index contributed by atoms with van der Waals surface area (Å²) in [6, 6.07) is 14.8. The van der Waals surface area contributed by atoms with Crippen LogP contribution in [0.2, 0.25) is 0 Å². The number of carbonyl (C=O) groups excluding carboxylic acids is 1. The molecule has 4 aromatic rings. The van der Waals surface area contributed by atoms with Crippen molar-refractivity contribution in [3.63, 3.8) is 0 Å². The van der Waals surface area contributed by atoms with Crippen LogP contribution >= 0.6 is 23.1 Å². The van der Waals surface area contributed by atoms with Crippen molar-refractivity contribution < 1.29 is 19.0 Å². The Morgan fingerprint density at radius 1 is 1.05 bits per heavy atom. The Labute approximate surface area is 227 Å². The molecule has 2 aromatic carbocycles. The van der Waals surface area contributed by atoms with Crippen LogP contribution in [0.1, 0.15) is 25.5 Å². The van der Waals surface area contributed by atoms with Gasteiger partial charge in [-0.2, -0.15) is 4.68 Å². The average molecular weight is 552 g/mol. The number of aromatic nitrogens is 6. The molecule has 196 valence electrons. The number of ether oxygens (including phenoxy) is 3. The molecule has 2 aromatic heterocycles. The first-order valence-corrected chi connectivity index (χ1v) is 13.7. The van der Waals surface area contributed by atoms with Gasteiger partial charge in [0.2, 0.25) is 5.95 Å². The van der Waals surface area contributed by atoms with Crippen molar-refractivity contribution in [1.82, 2.24) is 30.4 Å². The maximum absolute atomic E-state index is 13.2. The van der Waals surface area contributed by atoms with Crippen LogP contribution in [0, 0.1) is 0 Å². The predicted octanol–water partition coefficient (Wildman–Crippen LogP) is 4.22. The maximum atomic E-state index is 13.2. The number of thioether (sulfide) groups is 1. The molecule has 1 unspecified atom stereocenters. The summed E-state index contributed by atoms with van der Waals surface area (Å²) in [4.78, 5) is 13.2. The van der Waals surface area contributed by atoms with Gasteiger partial charge >= 0.3 is 5.97 Å². The number of nitrogens with one attached hydrogen (secondary N) is 1. The zero-order valence-electron chi connectivity index (χ0n) is 21.0. The number of benzene rings is 2. The number of rotatable bonds is 10. The van der Waals surface area contributed by atoms with Gasteiger partial charge in [-0.05, 0) is 42.0 Å². The van der Waals surface area contributed by atoms with Crippen molar-refractivity contribution in [2.75, 3.05) is 31.4 Å². The van der Waals surface area contributed by atoms with Gasteiger partial charge in [-0.15, -0.1) is 10.2 Å². The summed E-state index contributed by atoms with van der Waals surface area (Å²) in [7, 11) is 1.35. The number of anilines is 1. The van der Waals surface area contributed by atoms with E-state index in [1.807, 2.05) is 62.4 Å².